The van der Waals surface area contributed by atoms with Gasteiger partial charge in [0.25, 0.3) is 0 Å². The number of hydrogen-bond donors (Lipinski definition) is 1. The van der Waals surface area contributed by atoms with Crippen LogP contribution in [0.4, 0.5) is 11.4 Å². The number of nitrogens with two attached hydrogens (primary N) is 1. The number of thiocarbonyl (C=S) groups is 1. The molecule has 0 aliphatic carbocycles. The Balaban J connectivity index is 2.50. The minimum Gasteiger partial charge on any atom is -0.389 e. The van der Waals surface area contributed by atoms with E-state index in [9.17, 15) is 0 Å². The molecule has 0 amide bonds. The zero-order chi connectivity index (χ0) is 13.1. The molecule has 0 spiro atoms. The third-order valence-corrected chi connectivity index (χ3v) is 3.47. The van der Waals surface area contributed by atoms with Crippen LogP contribution in [0.5, 0.6) is 0 Å². The van der Waals surface area contributed by atoms with Crippen LogP contribution >= 0.6 is 28.1 Å². The third-order valence-electron chi connectivity index (χ3n) is 2.64. The molecular weight excluding hydrogens is 310 g/mol. The van der Waals surface area contributed by atoms with E-state index in [1.54, 1.807) is 12.4 Å². The van der Waals surface area contributed by atoms with Gasteiger partial charge in [-0.3, -0.25) is 4.98 Å². The van der Waals surface area contributed by atoms with Crippen LogP contribution in [0.25, 0.3) is 0 Å². The number of halogens is 1. The van der Waals surface area contributed by atoms with Crippen molar-refractivity contribution in [1.29, 1.82) is 0 Å². The van der Waals surface area contributed by atoms with Crippen molar-refractivity contribution in [2.75, 3.05) is 11.9 Å². The number of hydrogen-bond acceptors (Lipinski definition) is 3. The van der Waals surface area contributed by atoms with Crippen LogP contribution < -0.4 is 10.6 Å². The summed E-state index contributed by atoms with van der Waals surface area (Å²) in [6.45, 7) is 0. The second-order valence-electron chi connectivity index (χ2n) is 3.77. The Kier molecular flexibility index (Phi) is 3.93. The molecule has 2 rings (SSSR count). The molecule has 3 nitrogen and oxygen atoms in total. The largest absolute Gasteiger partial charge is 0.389 e. The van der Waals surface area contributed by atoms with E-state index in [2.05, 4.69) is 20.9 Å². The smallest absolute Gasteiger partial charge is 0.106 e. The number of rotatable bonds is 3. The summed E-state index contributed by atoms with van der Waals surface area (Å²) in [5, 5.41) is 0. The molecule has 1 aromatic carbocycles. The quantitative estimate of drug-likeness (QED) is 0.881. The van der Waals surface area contributed by atoms with Gasteiger partial charge in [0.15, 0.2) is 0 Å². The van der Waals surface area contributed by atoms with E-state index in [1.165, 1.54) is 0 Å². The van der Waals surface area contributed by atoms with E-state index in [0.717, 1.165) is 21.4 Å². The van der Waals surface area contributed by atoms with Crippen molar-refractivity contribution in [3.63, 3.8) is 0 Å². The SMILES string of the molecule is CN(c1ccncc1Br)c1ccccc1C(N)=S. The minimum atomic E-state index is 0.391. The average Bonchev–Trinajstić information content (AvgIpc) is 2.38. The van der Waals surface area contributed by atoms with Crippen LogP contribution in [0.3, 0.4) is 0 Å². The Hall–Kier alpha value is -1.46. The van der Waals surface area contributed by atoms with E-state index in [4.69, 9.17) is 18.0 Å². The van der Waals surface area contributed by atoms with E-state index in [0.29, 0.717) is 4.99 Å². The maximum absolute atomic E-state index is 5.75. The molecule has 1 aromatic heterocycles. The van der Waals surface area contributed by atoms with Crippen molar-refractivity contribution in [3.05, 3.63) is 52.8 Å². The van der Waals surface area contributed by atoms with E-state index < -0.39 is 0 Å². The highest BCUT2D eigenvalue weighted by Crippen LogP contribution is 2.31. The minimum absolute atomic E-state index is 0.391. The molecule has 0 saturated heterocycles. The second-order valence-corrected chi connectivity index (χ2v) is 5.06. The van der Waals surface area contributed by atoms with Gasteiger partial charge in [0, 0.05) is 25.0 Å². The van der Waals surface area contributed by atoms with Crippen molar-refractivity contribution >= 4 is 44.5 Å². The van der Waals surface area contributed by atoms with Gasteiger partial charge in [-0.15, -0.1) is 0 Å². The third kappa shape index (κ3) is 2.52. The number of benzene rings is 1. The lowest BCUT2D eigenvalue weighted by Gasteiger charge is -2.23. The number of nitrogens with zero attached hydrogens (tertiary/aromatic N) is 2. The zero-order valence-electron chi connectivity index (χ0n) is 9.80. The molecule has 0 unspecified atom stereocenters. The Morgan fingerprint density at radius 1 is 1.28 bits per heavy atom. The highest BCUT2D eigenvalue weighted by atomic mass is 79.9. The van der Waals surface area contributed by atoms with E-state index >= 15 is 0 Å². The van der Waals surface area contributed by atoms with Crippen LogP contribution in [-0.4, -0.2) is 17.0 Å². The lowest BCUT2D eigenvalue weighted by molar-refractivity contribution is 1.17. The summed E-state index contributed by atoms with van der Waals surface area (Å²) in [7, 11) is 1.97. The molecule has 2 aromatic rings. The summed E-state index contributed by atoms with van der Waals surface area (Å²) in [5.74, 6) is 0. The average molecular weight is 322 g/mol. The van der Waals surface area contributed by atoms with Crippen molar-refractivity contribution in [3.8, 4) is 0 Å². The highest BCUT2D eigenvalue weighted by Gasteiger charge is 2.12. The van der Waals surface area contributed by atoms with Crippen molar-refractivity contribution in [2.45, 2.75) is 0 Å². The summed E-state index contributed by atoms with van der Waals surface area (Å²) in [6, 6.07) is 9.72. The Morgan fingerprint density at radius 3 is 2.67 bits per heavy atom. The predicted molar refractivity (Wildman–Crippen MR) is 82.3 cm³/mol. The Morgan fingerprint density at radius 2 is 2.00 bits per heavy atom. The van der Waals surface area contributed by atoms with Crippen LogP contribution in [0.1, 0.15) is 5.56 Å². The van der Waals surface area contributed by atoms with Crippen LogP contribution in [0, 0.1) is 0 Å². The van der Waals surface area contributed by atoms with Gasteiger partial charge in [-0.1, -0.05) is 24.4 Å². The van der Waals surface area contributed by atoms with E-state index in [1.807, 2.05) is 42.3 Å². The monoisotopic (exact) mass is 321 g/mol. The number of anilines is 2. The fraction of sp³-hybridized carbons (Fsp3) is 0.0769. The first-order valence-electron chi connectivity index (χ1n) is 5.33. The molecule has 0 atom stereocenters. The van der Waals surface area contributed by atoms with Gasteiger partial charge in [0.2, 0.25) is 0 Å². The predicted octanol–water partition coefficient (Wildman–Crippen LogP) is 3.25. The van der Waals surface area contributed by atoms with Crippen molar-refractivity contribution in [2.24, 2.45) is 5.73 Å². The Bertz CT molecular complexity index is 586. The molecule has 0 saturated carbocycles. The van der Waals surface area contributed by atoms with Crippen LogP contribution in [-0.2, 0) is 0 Å². The fourth-order valence-corrected chi connectivity index (χ4v) is 2.43. The molecule has 0 bridgehead atoms. The van der Waals surface area contributed by atoms with E-state index in [-0.39, 0.29) is 0 Å². The maximum Gasteiger partial charge on any atom is 0.106 e. The summed E-state index contributed by atoms with van der Waals surface area (Å²) in [4.78, 5) is 6.47. The number of pyridine rings is 1. The van der Waals surface area contributed by atoms with Gasteiger partial charge in [0.1, 0.15) is 4.99 Å². The molecule has 5 heteroatoms. The highest BCUT2D eigenvalue weighted by molar-refractivity contribution is 9.10. The Labute approximate surface area is 120 Å². The summed E-state index contributed by atoms with van der Waals surface area (Å²) in [5.41, 5.74) is 8.59. The molecule has 92 valence electrons. The van der Waals surface area contributed by atoms with Gasteiger partial charge < -0.3 is 10.6 Å². The zero-order valence-corrected chi connectivity index (χ0v) is 12.2. The fourth-order valence-electron chi connectivity index (χ4n) is 1.74. The lowest BCUT2D eigenvalue weighted by Crippen LogP contribution is -2.17. The van der Waals surface area contributed by atoms with Crippen molar-refractivity contribution < 1.29 is 0 Å². The molecule has 1 heterocycles. The lowest BCUT2D eigenvalue weighted by atomic mass is 10.1. The topological polar surface area (TPSA) is 42.2 Å². The van der Waals surface area contributed by atoms with Gasteiger partial charge in [0.05, 0.1) is 15.8 Å². The van der Waals surface area contributed by atoms with Gasteiger partial charge in [-0.05, 0) is 34.1 Å². The van der Waals surface area contributed by atoms with Crippen LogP contribution in [0.2, 0.25) is 0 Å². The second kappa shape index (κ2) is 5.46. The molecule has 2 N–H and O–H groups in total. The normalized spacial score (nSPS) is 10.1. The summed E-state index contributed by atoms with van der Waals surface area (Å²) < 4.78 is 0.922. The van der Waals surface area contributed by atoms with Crippen LogP contribution in [0.15, 0.2) is 47.2 Å². The molecule has 0 fully saturated rings. The van der Waals surface area contributed by atoms with Gasteiger partial charge >= 0.3 is 0 Å². The molecule has 18 heavy (non-hydrogen) atoms. The van der Waals surface area contributed by atoms with Gasteiger partial charge in [-0.25, -0.2) is 0 Å². The molecule has 0 radical (unpaired) electrons. The molecule has 0 aliphatic heterocycles. The number of aromatic nitrogens is 1. The maximum atomic E-state index is 5.75. The first kappa shape index (κ1) is 13.0. The first-order valence-corrected chi connectivity index (χ1v) is 6.53. The summed E-state index contributed by atoms with van der Waals surface area (Å²) >= 11 is 8.57. The molecule has 0 aliphatic rings. The molecular formula is C13H12BrN3S. The number of para-hydroxylation sites is 1. The first-order chi connectivity index (χ1) is 8.61. The van der Waals surface area contributed by atoms with Crippen molar-refractivity contribution in [1.82, 2.24) is 4.98 Å². The van der Waals surface area contributed by atoms with Gasteiger partial charge in [-0.2, -0.15) is 0 Å². The standard InChI is InChI=1S/C13H12BrN3S/c1-17(12-6-7-16-8-10(12)14)11-5-3-2-4-9(11)13(15)18/h2-8H,1H3,(H2,15,18). The summed E-state index contributed by atoms with van der Waals surface area (Å²) in [6.07, 6.45) is 3.51.